The summed E-state index contributed by atoms with van der Waals surface area (Å²) in [5.41, 5.74) is 4.29. The van der Waals surface area contributed by atoms with E-state index in [0.29, 0.717) is 5.56 Å². The fraction of sp³-hybridized carbons (Fsp3) is 0.192. The summed E-state index contributed by atoms with van der Waals surface area (Å²) >= 11 is 3.40. The van der Waals surface area contributed by atoms with Gasteiger partial charge in [-0.3, -0.25) is 9.69 Å². The number of para-hydroxylation sites is 1. The highest BCUT2D eigenvalue weighted by molar-refractivity contribution is 9.10. The molecule has 5 rings (SSSR count). The minimum atomic E-state index is -0.153. The average Bonchev–Trinajstić information content (AvgIpc) is 3.24. The van der Waals surface area contributed by atoms with E-state index in [-0.39, 0.29) is 5.91 Å². The molecule has 0 bridgehead atoms. The first kappa shape index (κ1) is 20.9. The third kappa shape index (κ3) is 4.63. The van der Waals surface area contributed by atoms with E-state index in [4.69, 9.17) is 4.42 Å². The number of nitrogens with one attached hydrogen (secondary N) is 2. The number of carbonyl (C=O) groups is 1. The molecule has 2 N–H and O–H groups in total. The molecule has 1 aliphatic heterocycles. The van der Waals surface area contributed by atoms with E-state index in [0.717, 1.165) is 65.2 Å². The van der Waals surface area contributed by atoms with E-state index >= 15 is 0 Å². The molecule has 1 saturated heterocycles. The number of hydrogen-bond donors (Lipinski definition) is 2. The van der Waals surface area contributed by atoms with Gasteiger partial charge in [0.25, 0.3) is 5.91 Å². The monoisotopic (exact) mass is 489 g/mol. The second-order valence-electron chi connectivity index (χ2n) is 8.02. The van der Waals surface area contributed by atoms with Crippen LogP contribution in [-0.4, -0.2) is 37.0 Å². The Kier molecular flexibility index (Phi) is 6.08. The summed E-state index contributed by atoms with van der Waals surface area (Å²) in [6.07, 6.45) is 0. The van der Waals surface area contributed by atoms with Gasteiger partial charge in [0.1, 0.15) is 11.3 Å². The van der Waals surface area contributed by atoms with Crippen molar-refractivity contribution in [2.45, 2.75) is 6.54 Å². The lowest BCUT2D eigenvalue weighted by molar-refractivity contribution is 0.102. The van der Waals surface area contributed by atoms with Crippen LogP contribution in [0.15, 0.2) is 81.7 Å². The van der Waals surface area contributed by atoms with Crippen LogP contribution in [-0.2, 0) is 6.54 Å². The molecule has 1 amide bonds. The van der Waals surface area contributed by atoms with Crippen LogP contribution >= 0.6 is 15.9 Å². The Hall–Kier alpha value is -2.93. The number of fused-ring (bicyclic) bond motifs is 1. The zero-order chi connectivity index (χ0) is 21.9. The third-order valence-corrected chi connectivity index (χ3v) is 6.28. The van der Waals surface area contributed by atoms with Crippen molar-refractivity contribution in [3.8, 4) is 11.3 Å². The molecule has 32 heavy (non-hydrogen) atoms. The number of benzene rings is 3. The van der Waals surface area contributed by atoms with Crippen molar-refractivity contribution in [3.63, 3.8) is 0 Å². The van der Waals surface area contributed by atoms with Gasteiger partial charge in [0.2, 0.25) is 0 Å². The average molecular weight is 490 g/mol. The summed E-state index contributed by atoms with van der Waals surface area (Å²) in [6, 6.07) is 23.5. The van der Waals surface area contributed by atoms with Gasteiger partial charge in [-0.15, -0.1) is 0 Å². The summed E-state index contributed by atoms with van der Waals surface area (Å²) in [7, 11) is 0. The topological polar surface area (TPSA) is 57.5 Å². The van der Waals surface area contributed by atoms with Crippen LogP contribution in [0.2, 0.25) is 0 Å². The Balaban J connectivity index is 1.40. The van der Waals surface area contributed by atoms with Gasteiger partial charge in [0, 0.05) is 53.7 Å². The van der Waals surface area contributed by atoms with Crippen LogP contribution in [0, 0.1) is 0 Å². The van der Waals surface area contributed by atoms with Crippen LogP contribution in [0.1, 0.15) is 15.9 Å². The van der Waals surface area contributed by atoms with Gasteiger partial charge >= 0.3 is 0 Å². The molecule has 0 aliphatic carbocycles. The predicted octanol–water partition coefficient (Wildman–Crippen LogP) is 5.52. The quantitative estimate of drug-likeness (QED) is 0.387. The lowest BCUT2D eigenvalue weighted by atomic mass is 10.1. The second-order valence-corrected chi connectivity index (χ2v) is 8.93. The van der Waals surface area contributed by atoms with Crippen LogP contribution in [0.25, 0.3) is 22.3 Å². The molecule has 1 aliphatic rings. The number of hydrogen-bond acceptors (Lipinski definition) is 4. The van der Waals surface area contributed by atoms with Gasteiger partial charge in [-0.05, 0) is 54.1 Å². The SMILES string of the molecule is O=C(Nc1ccccc1-c1cc2ccc(CN3CCNCC3)cc2o1)c1ccc(Br)cc1. The van der Waals surface area contributed by atoms with Crippen molar-refractivity contribution < 1.29 is 9.21 Å². The van der Waals surface area contributed by atoms with Gasteiger partial charge in [0.15, 0.2) is 0 Å². The highest BCUT2D eigenvalue weighted by Gasteiger charge is 2.15. The van der Waals surface area contributed by atoms with Gasteiger partial charge in [-0.25, -0.2) is 0 Å². The van der Waals surface area contributed by atoms with Crippen molar-refractivity contribution in [1.29, 1.82) is 0 Å². The zero-order valence-electron chi connectivity index (χ0n) is 17.6. The molecule has 0 atom stereocenters. The third-order valence-electron chi connectivity index (χ3n) is 5.75. The number of amides is 1. The highest BCUT2D eigenvalue weighted by atomic mass is 79.9. The molecule has 4 aromatic rings. The molecular formula is C26H24BrN3O2. The Morgan fingerprint density at radius 1 is 1.00 bits per heavy atom. The van der Waals surface area contributed by atoms with Gasteiger partial charge in [-0.2, -0.15) is 0 Å². The predicted molar refractivity (Wildman–Crippen MR) is 132 cm³/mol. The fourth-order valence-corrected chi connectivity index (χ4v) is 4.30. The molecular weight excluding hydrogens is 466 g/mol. The molecule has 6 heteroatoms. The molecule has 1 aromatic heterocycles. The molecule has 1 fully saturated rings. The number of rotatable bonds is 5. The Bertz CT molecular complexity index is 1240. The van der Waals surface area contributed by atoms with Crippen LogP contribution in [0.5, 0.6) is 0 Å². The Morgan fingerprint density at radius 2 is 1.78 bits per heavy atom. The maximum Gasteiger partial charge on any atom is 0.255 e. The summed E-state index contributed by atoms with van der Waals surface area (Å²) < 4.78 is 7.18. The molecule has 5 nitrogen and oxygen atoms in total. The van der Waals surface area contributed by atoms with E-state index in [1.807, 2.05) is 42.5 Å². The minimum absolute atomic E-state index is 0.153. The number of carbonyl (C=O) groups excluding carboxylic acids is 1. The normalized spacial score (nSPS) is 14.5. The molecule has 3 aromatic carbocycles. The molecule has 0 spiro atoms. The van der Waals surface area contributed by atoms with E-state index in [1.165, 1.54) is 5.56 Å². The van der Waals surface area contributed by atoms with Crippen molar-refractivity contribution in [3.05, 3.63) is 88.4 Å². The second kappa shape index (κ2) is 9.28. The first-order chi connectivity index (χ1) is 15.7. The zero-order valence-corrected chi connectivity index (χ0v) is 19.2. The largest absolute Gasteiger partial charge is 0.456 e. The molecule has 0 saturated carbocycles. The maximum atomic E-state index is 12.7. The van der Waals surface area contributed by atoms with Crippen molar-refractivity contribution in [2.75, 3.05) is 31.5 Å². The van der Waals surface area contributed by atoms with Crippen LogP contribution in [0.3, 0.4) is 0 Å². The number of anilines is 1. The fourth-order valence-electron chi connectivity index (χ4n) is 4.04. The van der Waals surface area contributed by atoms with Crippen molar-refractivity contribution in [1.82, 2.24) is 10.2 Å². The van der Waals surface area contributed by atoms with E-state index < -0.39 is 0 Å². The van der Waals surface area contributed by atoms with Gasteiger partial charge in [0.05, 0.1) is 5.69 Å². The number of halogens is 1. The molecule has 0 unspecified atom stereocenters. The number of piperazine rings is 1. The van der Waals surface area contributed by atoms with Gasteiger partial charge in [-0.1, -0.05) is 40.2 Å². The first-order valence-electron chi connectivity index (χ1n) is 10.8. The number of furan rings is 1. The molecule has 0 radical (unpaired) electrons. The lowest BCUT2D eigenvalue weighted by Gasteiger charge is -2.27. The highest BCUT2D eigenvalue weighted by Crippen LogP contribution is 2.33. The van der Waals surface area contributed by atoms with E-state index in [1.54, 1.807) is 12.1 Å². The van der Waals surface area contributed by atoms with Crippen LogP contribution in [0.4, 0.5) is 5.69 Å². The molecule has 162 valence electrons. The van der Waals surface area contributed by atoms with Crippen molar-refractivity contribution in [2.24, 2.45) is 0 Å². The smallest absolute Gasteiger partial charge is 0.255 e. The minimum Gasteiger partial charge on any atom is -0.456 e. The van der Waals surface area contributed by atoms with Crippen molar-refractivity contribution >= 4 is 38.5 Å². The van der Waals surface area contributed by atoms with Crippen LogP contribution < -0.4 is 10.6 Å². The summed E-state index contributed by atoms with van der Waals surface area (Å²) in [4.78, 5) is 15.2. The summed E-state index contributed by atoms with van der Waals surface area (Å²) in [6.45, 7) is 5.12. The summed E-state index contributed by atoms with van der Waals surface area (Å²) in [5, 5.41) is 7.47. The molecule has 2 heterocycles. The Morgan fingerprint density at radius 3 is 2.59 bits per heavy atom. The Labute approximate surface area is 195 Å². The lowest BCUT2D eigenvalue weighted by Crippen LogP contribution is -2.42. The summed E-state index contributed by atoms with van der Waals surface area (Å²) in [5.74, 6) is 0.588. The van der Waals surface area contributed by atoms with E-state index in [2.05, 4.69) is 49.7 Å². The van der Waals surface area contributed by atoms with Gasteiger partial charge < -0.3 is 15.1 Å². The standard InChI is InChI=1S/C26H24BrN3O2/c27-21-9-7-19(8-10-21)26(31)29-23-4-2-1-3-22(23)25-16-20-6-5-18(15-24(20)32-25)17-30-13-11-28-12-14-30/h1-10,15-16,28H,11-14,17H2,(H,29,31). The van der Waals surface area contributed by atoms with E-state index in [9.17, 15) is 4.79 Å². The first-order valence-corrected chi connectivity index (χ1v) is 11.6. The number of nitrogens with zero attached hydrogens (tertiary/aromatic N) is 1. The maximum absolute atomic E-state index is 12.7.